The highest BCUT2D eigenvalue weighted by Crippen LogP contribution is 2.06. The maximum Gasteiger partial charge on any atom is 0.0693 e. The van der Waals surface area contributed by atoms with Crippen molar-refractivity contribution in [3.05, 3.63) is 0 Å². The fourth-order valence-corrected chi connectivity index (χ4v) is 1.37. The predicted molar refractivity (Wildman–Crippen MR) is 54.9 cm³/mol. The maximum absolute atomic E-state index is 7.94. The Morgan fingerprint density at radius 1 is 1.23 bits per heavy atom. The van der Waals surface area contributed by atoms with E-state index in [4.69, 9.17) is 5.11 Å². The molecule has 0 aromatic rings. The second kappa shape index (κ2) is 9.96. The van der Waals surface area contributed by atoms with Gasteiger partial charge >= 0.3 is 0 Å². The third-order valence-electron chi connectivity index (χ3n) is 2.19. The van der Waals surface area contributed by atoms with Crippen LogP contribution in [-0.2, 0) is 4.74 Å². The van der Waals surface area contributed by atoms with E-state index >= 15 is 0 Å². The lowest BCUT2D eigenvalue weighted by Gasteiger charge is -2.24. The van der Waals surface area contributed by atoms with Crippen LogP contribution in [0, 0.1) is 0 Å². The Hall–Kier alpha value is -0.120. The third kappa shape index (κ3) is 8.22. The van der Waals surface area contributed by atoms with Crippen molar-refractivity contribution in [1.82, 2.24) is 4.90 Å². The molecule has 80 valence electrons. The fourth-order valence-electron chi connectivity index (χ4n) is 1.37. The molecule has 1 rings (SSSR count). The van der Waals surface area contributed by atoms with E-state index in [-0.39, 0.29) is 6.61 Å². The monoisotopic (exact) mass is 189 g/mol. The Balaban J connectivity index is 0.000000252. The number of methoxy groups -OCH3 is 1. The molecule has 0 aromatic carbocycles. The summed E-state index contributed by atoms with van der Waals surface area (Å²) in [7, 11) is 1.55. The Bertz CT molecular complexity index is 90.9. The minimum atomic E-state index is 0.122. The minimum Gasteiger partial charge on any atom is -0.394 e. The van der Waals surface area contributed by atoms with Crippen molar-refractivity contribution in [2.75, 3.05) is 40.0 Å². The lowest BCUT2D eigenvalue weighted by atomic mass is 10.1. The maximum atomic E-state index is 7.94. The van der Waals surface area contributed by atoms with Gasteiger partial charge in [0.25, 0.3) is 0 Å². The summed E-state index contributed by atoms with van der Waals surface area (Å²) in [6.07, 6.45) is 4.30. The number of nitrogens with zero attached hydrogens (tertiary/aromatic N) is 1. The van der Waals surface area contributed by atoms with Crippen LogP contribution in [0.2, 0.25) is 0 Å². The minimum absolute atomic E-state index is 0.122. The van der Waals surface area contributed by atoms with Crippen molar-refractivity contribution in [1.29, 1.82) is 0 Å². The third-order valence-corrected chi connectivity index (χ3v) is 2.19. The SMILES string of the molecule is CCN1CCCCC1.COCCO. The van der Waals surface area contributed by atoms with Gasteiger partial charge in [0, 0.05) is 7.11 Å². The molecule has 0 unspecified atom stereocenters. The summed E-state index contributed by atoms with van der Waals surface area (Å²) in [5, 5.41) is 7.94. The van der Waals surface area contributed by atoms with Crippen LogP contribution in [0.5, 0.6) is 0 Å². The molecule has 1 aliphatic heterocycles. The molecule has 3 heteroatoms. The topological polar surface area (TPSA) is 32.7 Å². The Morgan fingerprint density at radius 2 is 1.85 bits per heavy atom. The van der Waals surface area contributed by atoms with Gasteiger partial charge in [-0.1, -0.05) is 13.3 Å². The summed E-state index contributed by atoms with van der Waals surface area (Å²) in [4.78, 5) is 2.52. The highest BCUT2D eigenvalue weighted by atomic mass is 16.5. The highest BCUT2D eigenvalue weighted by molar-refractivity contribution is 4.61. The van der Waals surface area contributed by atoms with Crippen LogP contribution in [0.15, 0.2) is 0 Å². The molecular weight excluding hydrogens is 166 g/mol. The zero-order valence-electron chi connectivity index (χ0n) is 8.96. The number of likely N-dealkylation sites (tertiary alicyclic amines) is 1. The molecule has 0 bridgehead atoms. The molecule has 1 heterocycles. The molecule has 1 fully saturated rings. The first-order valence-electron chi connectivity index (χ1n) is 5.17. The van der Waals surface area contributed by atoms with Gasteiger partial charge in [0.2, 0.25) is 0 Å². The molecule has 13 heavy (non-hydrogen) atoms. The fraction of sp³-hybridized carbons (Fsp3) is 1.00. The lowest BCUT2D eigenvalue weighted by molar-refractivity contribution is 0.135. The molecule has 1 N–H and O–H groups in total. The van der Waals surface area contributed by atoms with Crippen LogP contribution in [0.4, 0.5) is 0 Å². The first-order valence-corrected chi connectivity index (χ1v) is 5.17. The van der Waals surface area contributed by atoms with Crippen molar-refractivity contribution in [3.63, 3.8) is 0 Å². The van der Waals surface area contributed by atoms with Gasteiger partial charge in [0.15, 0.2) is 0 Å². The molecule has 1 saturated heterocycles. The van der Waals surface area contributed by atoms with E-state index in [2.05, 4.69) is 16.6 Å². The van der Waals surface area contributed by atoms with Crippen LogP contribution in [0.3, 0.4) is 0 Å². The molecule has 0 saturated carbocycles. The van der Waals surface area contributed by atoms with Gasteiger partial charge < -0.3 is 14.7 Å². The van der Waals surface area contributed by atoms with Gasteiger partial charge in [-0.2, -0.15) is 0 Å². The van der Waals surface area contributed by atoms with E-state index in [1.165, 1.54) is 38.9 Å². The summed E-state index contributed by atoms with van der Waals surface area (Å²) >= 11 is 0. The summed E-state index contributed by atoms with van der Waals surface area (Å²) in [6.45, 7) is 6.74. The van der Waals surface area contributed by atoms with E-state index in [1.807, 2.05) is 0 Å². The van der Waals surface area contributed by atoms with E-state index in [0.29, 0.717) is 6.61 Å². The summed E-state index contributed by atoms with van der Waals surface area (Å²) < 4.78 is 4.44. The normalized spacial score (nSPS) is 17.8. The summed E-state index contributed by atoms with van der Waals surface area (Å²) in [6, 6.07) is 0. The summed E-state index contributed by atoms with van der Waals surface area (Å²) in [5.41, 5.74) is 0. The van der Waals surface area contributed by atoms with Crippen LogP contribution in [0.1, 0.15) is 26.2 Å². The van der Waals surface area contributed by atoms with Crippen LogP contribution >= 0.6 is 0 Å². The van der Waals surface area contributed by atoms with Gasteiger partial charge in [-0.05, 0) is 32.5 Å². The van der Waals surface area contributed by atoms with Crippen LogP contribution in [0.25, 0.3) is 0 Å². The predicted octanol–water partition coefficient (Wildman–Crippen LogP) is 1.12. The quantitative estimate of drug-likeness (QED) is 0.722. The van der Waals surface area contributed by atoms with Gasteiger partial charge in [0.05, 0.1) is 13.2 Å². The van der Waals surface area contributed by atoms with E-state index < -0.39 is 0 Å². The molecule has 0 aromatic heterocycles. The van der Waals surface area contributed by atoms with Crippen molar-refractivity contribution < 1.29 is 9.84 Å². The second-order valence-electron chi connectivity index (χ2n) is 3.21. The highest BCUT2D eigenvalue weighted by Gasteiger charge is 2.05. The lowest BCUT2D eigenvalue weighted by Crippen LogP contribution is -2.29. The van der Waals surface area contributed by atoms with E-state index in [9.17, 15) is 0 Å². The second-order valence-corrected chi connectivity index (χ2v) is 3.21. The van der Waals surface area contributed by atoms with Gasteiger partial charge in [0.1, 0.15) is 0 Å². The Labute approximate surface area is 81.7 Å². The van der Waals surface area contributed by atoms with E-state index in [0.717, 1.165) is 0 Å². The number of hydrogen-bond donors (Lipinski definition) is 1. The standard InChI is InChI=1S/C7H15N.C3H8O2/c1-2-8-6-4-3-5-7-8;1-5-3-2-4/h2-7H2,1H3;4H,2-3H2,1H3. The number of piperidine rings is 1. The van der Waals surface area contributed by atoms with Crippen molar-refractivity contribution >= 4 is 0 Å². The van der Waals surface area contributed by atoms with Gasteiger partial charge in [-0.15, -0.1) is 0 Å². The van der Waals surface area contributed by atoms with E-state index in [1.54, 1.807) is 7.11 Å². The zero-order valence-corrected chi connectivity index (χ0v) is 8.96. The number of ether oxygens (including phenoxy) is 1. The Kier molecular flexibility index (Phi) is 9.87. The Morgan fingerprint density at radius 3 is 2.08 bits per heavy atom. The molecule has 0 radical (unpaired) electrons. The molecule has 3 nitrogen and oxygen atoms in total. The zero-order chi connectivity index (χ0) is 9.94. The molecule has 0 atom stereocenters. The van der Waals surface area contributed by atoms with Gasteiger partial charge in [-0.3, -0.25) is 0 Å². The van der Waals surface area contributed by atoms with Crippen molar-refractivity contribution in [2.45, 2.75) is 26.2 Å². The first-order chi connectivity index (χ1) is 6.35. The molecule has 0 spiro atoms. The van der Waals surface area contributed by atoms with Gasteiger partial charge in [-0.25, -0.2) is 0 Å². The molecule has 0 amide bonds. The first kappa shape index (κ1) is 12.9. The molecule has 0 aliphatic carbocycles. The summed E-state index contributed by atoms with van der Waals surface area (Å²) in [5.74, 6) is 0. The van der Waals surface area contributed by atoms with Crippen LogP contribution in [-0.4, -0.2) is 50.0 Å². The molecule has 1 aliphatic rings. The molecular formula is C10H23NO2. The average Bonchev–Trinajstić information content (AvgIpc) is 2.21. The number of rotatable bonds is 3. The van der Waals surface area contributed by atoms with Crippen molar-refractivity contribution in [2.24, 2.45) is 0 Å². The average molecular weight is 189 g/mol. The number of aliphatic hydroxyl groups is 1. The van der Waals surface area contributed by atoms with Crippen molar-refractivity contribution in [3.8, 4) is 0 Å². The number of aliphatic hydroxyl groups excluding tert-OH is 1. The largest absolute Gasteiger partial charge is 0.394 e. The number of hydrogen-bond acceptors (Lipinski definition) is 3. The van der Waals surface area contributed by atoms with Crippen LogP contribution < -0.4 is 0 Å². The smallest absolute Gasteiger partial charge is 0.0693 e.